The molecule has 3 rings (SSSR count). The lowest BCUT2D eigenvalue weighted by atomic mass is 10.2. The number of hydrogen-bond acceptors (Lipinski definition) is 5. The van der Waals surface area contributed by atoms with E-state index in [1.54, 1.807) is 0 Å². The number of nitrogens with zero attached hydrogens (tertiary/aromatic N) is 3. The Morgan fingerprint density at radius 2 is 2.26 bits per heavy atom. The molecule has 0 N–H and O–H groups in total. The fourth-order valence-corrected chi connectivity index (χ4v) is 3.07. The Bertz CT molecular complexity index is 691. The zero-order valence-corrected chi connectivity index (χ0v) is 14.5. The monoisotopic (exact) mass is 375 g/mol. The van der Waals surface area contributed by atoms with E-state index in [0.717, 1.165) is 47.3 Å². The van der Waals surface area contributed by atoms with Crippen LogP contribution in [0.2, 0.25) is 0 Å². The molecule has 0 bridgehead atoms. The van der Waals surface area contributed by atoms with Gasteiger partial charge in [0.15, 0.2) is 0 Å². The molecule has 1 aliphatic rings. The summed E-state index contributed by atoms with van der Waals surface area (Å²) < 4.78 is 6.70. The number of rotatable bonds is 5. The highest BCUT2D eigenvalue weighted by Gasteiger charge is 2.26. The Balaban J connectivity index is 1.70. The van der Waals surface area contributed by atoms with Gasteiger partial charge in [0.1, 0.15) is 17.0 Å². The van der Waals surface area contributed by atoms with Gasteiger partial charge in [-0.05, 0) is 40.5 Å². The van der Waals surface area contributed by atoms with Gasteiger partial charge in [0.05, 0.1) is 17.9 Å². The van der Waals surface area contributed by atoms with Crippen molar-refractivity contribution in [2.45, 2.75) is 25.9 Å². The summed E-state index contributed by atoms with van der Waals surface area (Å²) in [5.74, 6) is 0.657. The van der Waals surface area contributed by atoms with Crippen molar-refractivity contribution in [2.75, 3.05) is 18.0 Å². The van der Waals surface area contributed by atoms with Crippen LogP contribution in [0.15, 0.2) is 35.1 Å². The third kappa shape index (κ3) is 3.88. The smallest absolute Gasteiger partial charge is 0.213 e. The molecule has 1 saturated heterocycles. The Labute approximate surface area is 143 Å². The summed E-state index contributed by atoms with van der Waals surface area (Å²) in [5.41, 5.74) is 2.91. The minimum atomic E-state index is 0.0953. The quantitative estimate of drug-likeness (QED) is 0.593. The molecule has 0 amide bonds. The van der Waals surface area contributed by atoms with Crippen molar-refractivity contribution in [3.05, 3.63) is 46.3 Å². The van der Waals surface area contributed by atoms with E-state index >= 15 is 0 Å². The maximum atomic E-state index is 10.9. The minimum absolute atomic E-state index is 0.0953. The van der Waals surface area contributed by atoms with Gasteiger partial charge < -0.3 is 14.4 Å². The molecule has 6 heteroatoms. The summed E-state index contributed by atoms with van der Waals surface area (Å²) >= 11 is 3.36. The van der Waals surface area contributed by atoms with Crippen LogP contribution in [0.1, 0.15) is 17.7 Å². The van der Waals surface area contributed by atoms with Crippen molar-refractivity contribution < 1.29 is 9.53 Å². The first-order chi connectivity index (χ1) is 11.2. The fourth-order valence-electron chi connectivity index (χ4n) is 2.72. The molecule has 23 heavy (non-hydrogen) atoms. The van der Waals surface area contributed by atoms with E-state index in [1.807, 2.05) is 37.4 Å². The number of anilines is 1. The fraction of sp³-hybridized carbons (Fsp3) is 0.353. The van der Waals surface area contributed by atoms with Crippen molar-refractivity contribution >= 4 is 27.9 Å². The molecule has 1 fully saturated rings. The van der Waals surface area contributed by atoms with E-state index in [-0.39, 0.29) is 6.10 Å². The first-order valence-electron chi connectivity index (χ1n) is 7.59. The van der Waals surface area contributed by atoms with Crippen LogP contribution < -0.4 is 9.64 Å². The molecular weight excluding hydrogens is 358 g/mol. The Morgan fingerprint density at radius 3 is 3.00 bits per heavy atom. The highest BCUT2D eigenvalue weighted by atomic mass is 79.9. The maximum Gasteiger partial charge on any atom is 0.213 e. The van der Waals surface area contributed by atoms with Gasteiger partial charge in [0.2, 0.25) is 5.88 Å². The van der Waals surface area contributed by atoms with E-state index in [0.29, 0.717) is 12.3 Å². The van der Waals surface area contributed by atoms with E-state index in [2.05, 4.69) is 30.8 Å². The van der Waals surface area contributed by atoms with Crippen molar-refractivity contribution in [3.8, 4) is 5.88 Å². The molecule has 0 saturated carbocycles. The molecule has 1 atom stereocenters. The first-order valence-corrected chi connectivity index (χ1v) is 8.38. The van der Waals surface area contributed by atoms with Crippen molar-refractivity contribution in [1.29, 1.82) is 0 Å². The normalized spacial score (nSPS) is 17.3. The van der Waals surface area contributed by atoms with Crippen LogP contribution in [0.4, 0.5) is 5.69 Å². The topological polar surface area (TPSA) is 55.3 Å². The van der Waals surface area contributed by atoms with Crippen molar-refractivity contribution in [3.63, 3.8) is 0 Å². The summed E-state index contributed by atoms with van der Waals surface area (Å²) in [6.45, 7) is 3.65. The van der Waals surface area contributed by atoms with Gasteiger partial charge in [-0.15, -0.1) is 0 Å². The summed E-state index contributed by atoms with van der Waals surface area (Å²) in [4.78, 5) is 21.8. The first kappa shape index (κ1) is 15.9. The zero-order valence-electron chi connectivity index (χ0n) is 12.9. The molecule has 0 aromatic carbocycles. The third-order valence-electron chi connectivity index (χ3n) is 3.85. The molecule has 0 spiro atoms. The van der Waals surface area contributed by atoms with Gasteiger partial charge >= 0.3 is 0 Å². The second-order valence-corrected chi connectivity index (χ2v) is 6.43. The number of halogens is 1. The lowest BCUT2D eigenvalue weighted by Gasteiger charge is -2.21. The van der Waals surface area contributed by atoms with E-state index in [4.69, 9.17) is 4.74 Å². The second kappa shape index (κ2) is 7.08. The maximum absolute atomic E-state index is 10.9. The Kier molecular flexibility index (Phi) is 4.91. The molecule has 3 heterocycles. The highest BCUT2D eigenvalue weighted by Crippen LogP contribution is 2.27. The van der Waals surface area contributed by atoms with E-state index < -0.39 is 0 Å². The summed E-state index contributed by atoms with van der Waals surface area (Å²) in [7, 11) is 0. The zero-order chi connectivity index (χ0) is 16.2. The molecular formula is C17H18BrN3O2. The summed E-state index contributed by atoms with van der Waals surface area (Å²) in [5, 5.41) is 0. The summed E-state index contributed by atoms with van der Waals surface area (Å²) in [6, 6.07) is 7.80. The molecule has 0 radical (unpaired) electrons. The number of ether oxygens (including phenoxy) is 1. The van der Waals surface area contributed by atoms with Gasteiger partial charge in [0, 0.05) is 31.6 Å². The van der Waals surface area contributed by atoms with E-state index in [1.165, 1.54) is 0 Å². The SMILES string of the molecule is Cc1ccc(O[C@H]2CCN(c3ccc(Br)nc3CC=O)C2)nc1. The largest absolute Gasteiger partial charge is 0.472 e. The van der Waals surface area contributed by atoms with Crippen LogP contribution >= 0.6 is 15.9 Å². The molecule has 120 valence electrons. The molecule has 0 unspecified atom stereocenters. The second-order valence-electron chi connectivity index (χ2n) is 5.62. The van der Waals surface area contributed by atoms with Crippen LogP contribution in [0, 0.1) is 6.92 Å². The highest BCUT2D eigenvalue weighted by molar-refractivity contribution is 9.10. The average Bonchev–Trinajstić information content (AvgIpc) is 2.98. The molecule has 5 nitrogen and oxygen atoms in total. The predicted molar refractivity (Wildman–Crippen MR) is 91.9 cm³/mol. The van der Waals surface area contributed by atoms with Gasteiger partial charge in [-0.2, -0.15) is 0 Å². The number of aldehydes is 1. The number of hydrogen-bond donors (Lipinski definition) is 0. The molecule has 2 aromatic rings. The lowest BCUT2D eigenvalue weighted by molar-refractivity contribution is -0.107. The molecule has 1 aliphatic heterocycles. The minimum Gasteiger partial charge on any atom is -0.472 e. The number of pyridine rings is 2. The predicted octanol–water partition coefficient (Wildman–Crippen LogP) is 2.95. The Hall–Kier alpha value is -1.95. The van der Waals surface area contributed by atoms with E-state index in [9.17, 15) is 4.79 Å². The summed E-state index contributed by atoms with van der Waals surface area (Å²) in [6.07, 6.45) is 4.03. The lowest BCUT2D eigenvalue weighted by Crippen LogP contribution is -2.26. The van der Waals surface area contributed by atoms with Gasteiger partial charge in [-0.25, -0.2) is 9.97 Å². The number of carbonyl (C=O) groups is 1. The average molecular weight is 376 g/mol. The Morgan fingerprint density at radius 1 is 1.39 bits per heavy atom. The number of aromatic nitrogens is 2. The third-order valence-corrected chi connectivity index (χ3v) is 4.29. The molecule has 0 aliphatic carbocycles. The van der Waals surface area contributed by atoms with Crippen molar-refractivity contribution in [2.24, 2.45) is 0 Å². The number of aryl methyl sites for hydroxylation is 1. The van der Waals surface area contributed by atoms with Crippen LogP contribution in [-0.4, -0.2) is 35.4 Å². The van der Waals surface area contributed by atoms with Gasteiger partial charge in [-0.1, -0.05) is 6.07 Å². The van der Waals surface area contributed by atoms with Crippen LogP contribution in [0.3, 0.4) is 0 Å². The van der Waals surface area contributed by atoms with Gasteiger partial charge in [-0.3, -0.25) is 0 Å². The van der Waals surface area contributed by atoms with Crippen molar-refractivity contribution in [1.82, 2.24) is 9.97 Å². The van der Waals surface area contributed by atoms with Gasteiger partial charge in [0.25, 0.3) is 0 Å². The van der Waals surface area contributed by atoms with Crippen LogP contribution in [0.5, 0.6) is 5.88 Å². The van der Waals surface area contributed by atoms with Crippen LogP contribution in [-0.2, 0) is 11.2 Å². The standard InChI is InChI=1S/C17H18BrN3O2/c1-12-2-5-17(19-10-12)23-13-6-8-21(11-13)15-3-4-16(18)20-14(15)7-9-22/h2-5,9-10,13H,6-8,11H2,1H3/t13-/m0/s1. The molecule has 2 aromatic heterocycles. The van der Waals surface area contributed by atoms with Crippen LogP contribution in [0.25, 0.3) is 0 Å². The number of carbonyl (C=O) groups excluding carboxylic acids is 1.